The molecule has 1 saturated carbocycles. The summed E-state index contributed by atoms with van der Waals surface area (Å²) in [6, 6.07) is 0. The lowest BCUT2D eigenvalue weighted by Gasteiger charge is -2.17. The number of Topliss-reactive ketones (excluding diaryl/α,β-unsaturated/α-hetero) is 2. The highest BCUT2D eigenvalue weighted by Gasteiger charge is 2.40. The van der Waals surface area contributed by atoms with E-state index in [1.54, 1.807) is 12.2 Å². The molecule has 1 aliphatic rings. The Morgan fingerprint density at radius 1 is 1.43 bits per heavy atom. The minimum atomic E-state index is -0.745. The van der Waals surface area contributed by atoms with Gasteiger partial charge in [-0.25, -0.2) is 0 Å². The summed E-state index contributed by atoms with van der Waals surface area (Å²) >= 11 is 0. The van der Waals surface area contributed by atoms with E-state index in [0.29, 0.717) is 19.3 Å². The Hall–Kier alpha value is -1.26. The largest absolute Gasteiger partial charge is 0.392 e. The van der Waals surface area contributed by atoms with Crippen molar-refractivity contribution in [1.82, 2.24) is 0 Å². The quantitative estimate of drug-likeness (QED) is 0.606. The summed E-state index contributed by atoms with van der Waals surface area (Å²) in [5.41, 5.74) is 0. The lowest BCUT2D eigenvalue weighted by atomic mass is 9.88. The van der Waals surface area contributed by atoms with Crippen LogP contribution in [0.1, 0.15) is 58.8 Å². The third kappa shape index (κ3) is 6.80. The van der Waals surface area contributed by atoms with Gasteiger partial charge in [0.05, 0.1) is 12.2 Å². The number of rotatable bonds is 10. The van der Waals surface area contributed by atoms with E-state index in [0.717, 1.165) is 12.8 Å². The number of ketones is 2. The first kappa shape index (κ1) is 19.8. The van der Waals surface area contributed by atoms with Gasteiger partial charge in [-0.15, -0.1) is 0 Å². The van der Waals surface area contributed by atoms with Crippen molar-refractivity contribution >= 4 is 11.6 Å². The molecule has 130 valence electrons. The molecule has 4 heteroatoms. The van der Waals surface area contributed by atoms with Gasteiger partial charge < -0.3 is 10.2 Å². The van der Waals surface area contributed by atoms with Gasteiger partial charge in [-0.1, -0.05) is 44.1 Å². The maximum atomic E-state index is 12.1. The molecule has 0 saturated heterocycles. The maximum Gasteiger partial charge on any atom is 0.139 e. The second kappa shape index (κ2) is 10.5. The monoisotopic (exact) mass is 322 g/mol. The number of hydrogen-bond acceptors (Lipinski definition) is 4. The van der Waals surface area contributed by atoms with E-state index in [1.165, 1.54) is 0 Å². The molecule has 0 bridgehead atoms. The Kier molecular flexibility index (Phi) is 9.03. The molecule has 0 aromatic heterocycles. The average molecular weight is 322 g/mol. The maximum absolute atomic E-state index is 12.1. The zero-order valence-corrected chi connectivity index (χ0v) is 14.3. The number of carbonyl (C=O) groups excluding carboxylic acids is 2. The van der Waals surface area contributed by atoms with Crippen molar-refractivity contribution in [3.05, 3.63) is 24.3 Å². The molecule has 2 N–H and O–H groups in total. The average Bonchev–Trinajstić information content (AvgIpc) is 2.77. The van der Waals surface area contributed by atoms with Crippen LogP contribution in [-0.2, 0) is 9.59 Å². The van der Waals surface area contributed by atoms with Gasteiger partial charge in [-0.05, 0) is 19.8 Å². The number of allylic oxidation sites excluding steroid dienone is 2. The van der Waals surface area contributed by atoms with Gasteiger partial charge in [0.15, 0.2) is 0 Å². The van der Waals surface area contributed by atoms with Gasteiger partial charge in [0.25, 0.3) is 0 Å². The number of aliphatic hydroxyl groups is 2. The smallest absolute Gasteiger partial charge is 0.139 e. The molecule has 1 fully saturated rings. The first-order valence-electron chi connectivity index (χ1n) is 8.69. The Morgan fingerprint density at radius 3 is 2.83 bits per heavy atom. The SMILES string of the molecule is C/C=C/CCC(=O)C[C@H]1C(=O)CC(O)[C@@H]1C=CC(O)CCCC. The minimum absolute atomic E-state index is 0.0467. The molecule has 0 amide bonds. The van der Waals surface area contributed by atoms with Crippen LogP contribution in [-0.4, -0.2) is 34.0 Å². The second-order valence-corrected chi connectivity index (χ2v) is 6.37. The van der Waals surface area contributed by atoms with Gasteiger partial charge in [-0.3, -0.25) is 9.59 Å². The normalized spacial score (nSPS) is 26.4. The molecular weight excluding hydrogens is 292 g/mol. The van der Waals surface area contributed by atoms with Crippen LogP contribution in [0.5, 0.6) is 0 Å². The minimum Gasteiger partial charge on any atom is -0.392 e. The van der Waals surface area contributed by atoms with Crippen LogP contribution >= 0.6 is 0 Å². The molecule has 0 spiro atoms. The molecule has 0 aliphatic heterocycles. The second-order valence-electron chi connectivity index (χ2n) is 6.37. The van der Waals surface area contributed by atoms with Gasteiger partial charge in [0.1, 0.15) is 11.6 Å². The summed E-state index contributed by atoms with van der Waals surface area (Å²) in [7, 11) is 0. The van der Waals surface area contributed by atoms with Crippen LogP contribution in [0.3, 0.4) is 0 Å². The van der Waals surface area contributed by atoms with Crippen molar-refractivity contribution in [2.24, 2.45) is 11.8 Å². The molecule has 23 heavy (non-hydrogen) atoms. The van der Waals surface area contributed by atoms with E-state index in [9.17, 15) is 19.8 Å². The van der Waals surface area contributed by atoms with Crippen molar-refractivity contribution in [3.63, 3.8) is 0 Å². The highest BCUT2D eigenvalue weighted by atomic mass is 16.3. The van der Waals surface area contributed by atoms with Crippen LogP contribution in [0.2, 0.25) is 0 Å². The van der Waals surface area contributed by atoms with Crippen molar-refractivity contribution in [2.45, 2.75) is 71.0 Å². The Labute approximate surface area is 139 Å². The number of aliphatic hydroxyl groups excluding tert-OH is 2. The van der Waals surface area contributed by atoms with Gasteiger partial charge in [-0.2, -0.15) is 0 Å². The lowest BCUT2D eigenvalue weighted by molar-refractivity contribution is -0.126. The van der Waals surface area contributed by atoms with Crippen molar-refractivity contribution < 1.29 is 19.8 Å². The molecular formula is C19H30O4. The van der Waals surface area contributed by atoms with E-state index in [2.05, 4.69) is 6.92 Å². The third-order valence-electron chi connectivity index (χ3n) is 4.41. The number of unbranched alkanes of at least 4 members (excludes halogenated alkanes) is 1. The van der Waals surface area contributed by atoms with Crippen molar-refractivity contribution in [2.75, 3.05) is 0 Å². The summed E-state index contributed by atoms with van der Waals surface area (Å²) < 4.78 is 0. The molecule has 4 nitrogen and oxygen atoms in total. The summed E-state index contributed by atoms with van der Waals surface area (Å²) in [6.07, 6.45) is 9.98. The first-order chi connectivity index (χ1) is 11.0. The topological polar surface area (TPSA) is 74.6 Å². The van der Waals surface area contributed by atoms with E-state index < -0.39 is 18.1 Å². The highest BCUT2D eigenvalue weighted by Crippen LogP contribution is 2.33. The molecule has 4 atom stereocenters. The van der Waals surface area contributed by atoms with Gasteiger partial charge >= 0.3 is 0 Å². The Bertz CT molecular complexity index is 439. The van der Waals surface area contributed by atoms with Crippen molar-refractivity contribution in [3.8, 4) is 0 Å². The van der Waals surface area contributed by atoms with Crippen LogP contribution in [0.25, 0.3) is 0 Å². The summed E-state index contributed by atoms with van der Waals surface area (Å²) in [6.45, 7) is 3.97. The van der Waals surface area contributed by atoms with Crippen molar-refractivity contribution in [1.29, 1.82) is 0 Å². The Balaban J connectivity index is 2.62. The fourth-order valence-corrected chi connectivity index (χ4v) is 3.01. The molecule has 0 aromatic carbocycles. The summed E-state index contributed by atoms with van der Waals surface area (Å²) in [5, 5.41) is 19.9. The predicted octanol–water partition coefficient (Wildman–Crippen LogP) is 2.98. The van der Waals surface area contributed by atoms with E-state index in [4.69, 9.17) is 0 Å². The fourth-order valence-electron chi connectivity index (χ4n) is 3.01. The van der Waals surface area contributed by atoms with Crippen LogP contribution in [0.4, 0.5) is 0 Å². The number of carbonyl (C=O) groups is 2. The third-order valence-corrected chi connectivity index (χ3v) is 4.41. The van der Waals surface area contributed by atoms with Crippen LogP contribution in [0, 0.1) is 11.8 Å². The van der Waals surface area contributed by atoms with Gasteiger partial charge in [0, 0.05) is 31.1 Å². The molecule has 1 rings (SSSR count). The standard InChI is InChI=1S/C19H30O4/c1-3-5-7-9-15(21)12-17-16(18(22)13-19(17)23)11-10-14(20)8-6-4-2/h3,5,10-11,14,16-18,20,22H,4,6-9,12-13H2,1-2H3/b5-3+,11-10?/t14?,16-,17-,18?/m1/s1. The number of hydrogen-bond donors (Lipinski definition) is 2. The van der Waals surface area contributed by atoms with Crippen LogP contribution in [0.15, 0.2) is 24.3 Å². The zero-order chi connectivity index (χ0) is 17.2. The molecule has 0 radical (unpaired) electrons. The van der Waals surface area contributed by atoms with Crippen LogP contribution < -0.4 is 0 Å². The molecule has 0 aromatic rings. The molecule has 1 aliphatic carbocycles. The lowest BCUT2D eigenvalue weighted by Crippen LogP contribution is -2.22. The molecule has 2 unspecified atom stereocenters. The summed E-state index contributed by atoms with van der Waals surface area (Å²) in [5.74, 6) is -0.794. The highest BCUT2D eigenvalue weighted by molar-refractivity contribution is 5.90. The fraction of sp³-hybridized carbons (Fsp3) is 0.684. The van der Waals surface area contributed by atoms with Gasteiger partial charge in [0.2, 0.25) is 0 Å². The zero-order valence-electron chi connectivity index (χ0n) is 14.3. The van der Waals surface area contributed by atoms with E-state index >= 15 is 0 Å². The predicted molar refractivity (Wildman–Crippen MR) is 91.0 cm³/mol. The summed E-state index contributed by atoms with van der Waals surface area (Å²) in [4.78, 5) is 24.1. The van der Waals surface area contributed by atoms with E-state index in [1.807, 2.05) is 19.1 Å². The Morgan fingerprint density at radius 2 is 2.17 bits per heavy atom. The van der Waals surface area contributed by atoms with E-state index in [-0.39, 0.29) is 30.3 Å². The molecule has 0 heterocycles. The first-order valence-corrected chi connectivity index (χ1v) is 8.69.